The van der Waals surface area contributed by atoms with Crippen LogP contribution in [-0.4, -0.2) is 9.97 Å². The molecule has 0 saturated heterocycles. The highest BCUT2D eigenvalue weighted by molar-refractivity contribution is 9.10. The third-order valence-electron chi connectivity index (χ3n) is 2.85. The number of H-pyrrole nitrogens is 1. The fourth-order valence-electron chi connectivity index (χ4n) is 1.67. The molecule has 0 aliphatic carbocycles. The van der Waals surface area contributed by atoms with Crippen LogP contribution >= 0.6 is 15.9 Å². The van der Waals surface area contributed by atoms with Crippen molar-refractivity contribution in [2.24, 2.45) is 11.7 Å². The van der Waals surface area contributed by atoms with Crippen molar-refractivity contribution in [2.75, 3.05) is 0 Å². The Kier molecular flexibility index (Phi) is 3.82. The standard InChI is InChI=1S/C13H15BrFN3/c1-7(2)12(16)13-17-6-11(18-13)9-4-3-8(15)5-10(9)14/h3-7,12H,16H2,1-2H3,(H,17,18). The molecule has 0 aliphatic rings. The molecule has 1 atom stereocenters. The molecule has 96 valence electrons. The Morgan fingerprint density at radius 3 is 2.72 bits per heavy atom. The minimum absolute atomic E-state index is 0.127. The lowest BCUT2D eigenvalue weighted by Gasteiger charge is -2.12. The molecule has 0 saturated carbocycles. The Balaban J connectivity index is 2.35. The van der Waals surface area contributed by atoms with E-state index in [0.29, 0.717) is 10.4 Å². The minimum Gasteiger partial charge on any atom is -0.341 e. The predicted octanol–water partition coefficient (Wildman–Crippen LogP) is 3.63. The van der Waals surface area contributed by atoms with Crippen LogP contribution in [0.2, 0.25) is 0 Å². The second-order valence-corrected chi connectivity index (χ2v) is 5.43. The smallest absolute Gasteiger partial charge is 0.124 e. The largest absolute Gasteiger partial charge is 0.341 e. The molecule has 18 heavy (non-hydrogen) atoms. The predicted molar refractivity (Wildman–Crippen MR) is 73.4 cm³/mol. The monoisotopic (exact) mass is 311 g/mol. The van der Waals surface area contributed by atoms with Gasteiger partial charge in [-0.3, -0.25) is 0 Å². The minimum atomic E-state index is -0.274. The third kappa shape index (κ3) is 2.62. The Morgan fingerprint density at radius 1 is 1.39 bits per heavy atom. The molecular formula is C13H15BrFN3. The van der Waals surface area contributed by atoms with E-state index in [1.165, 1.54) is 12.1 Å². The topological polar surface area (TPSA) is 54.7 Å². The second kappa shape index (κ2) is 5.20. The molecule has 0 amide bonds. The number of benzene rings is 1. The molecular weight excluding hydrogens is 297 g/mol. The molecule has 1 aromatic carbocycles. The lowest BCUT2D eigenvalue weighted by atomic mass is 10.1. The first-order valence-electron chi connectivity index (χ1n) is 5.75. The SMILES string of the molecule is CC(C)C(N)c1ncc(-c2ccc(F)cc2Br)[nH]1. The summed E-state index contributed by atoms with van der Waals surface area (Å²) in [7, 11) is 0. The van der Waals surface area contributed by atoms with Crippen LogP contribution < -0.4 is 5.73 Å². The van der Waals surface area contributed by atoms with Gasteiger partial charge in [-0.2, -0.15) is 0 Å². The molecule has 0 fully saturated rings. The van der Waals surface area contributed by atoms with Gasteiger partial charge in [0.2, 0.25) is 0 Å². The van der Waals surface area contributed by atoms with E-state index in [1.807, 2.05) is 13.8 Å². The summed E-state index contributed by atoms with van der Waals surface area (Å²) in [6.07, 6.45) is 1.72. The maximum atomic E-state index is 13.0. The molecule has 3 N–H and O–H groups in total. The fraction of sp³-hybridized carbons (Fsp3) is 0.308. The average molecular weight is 312 g/mol. The first-order chi connectivity index (χ1) is 8.49. The highest BCUT2D eigenvalue weighted by atomic mass is 79.9. The molecule has 0 spiro atoms. The Labute approximate surface area is 114 Å². The first-order valence-corrected chi connectivity index (χ1v) is 6.54. The van der Waals surface area contributed by atoms with Gasteiger partial charge in [-0.25, -0.2) is 9.37 Å². The summed E-state index contributed by atoms with van der Waals surface area (Å²) in [6, 6.07) is 4.43. The van der Waals surface area contributed by atoms with Gasteiger partial charge in [-0.1, -0.05) is 13.8 Å². The summed E-state index contributed by atoms with van der Waals surface area (Å²) in [4.78, 5) is 7.46. The van der Waals surface area contributed by atoms with E-state index >= 15 is 0 Å². The van der Waals surface area contributed by atoms with Gasteiger partial charge in [0.15, 0.2) is 0 Å². The average Bonchev–Trinajstić information content (AvgIpc) is 2.77. The summed E-state index contributed by atoms with van der Waals surface area (Å²) in [5.74, 6) is 0.779. The van der Waals surface area contributed by atoms with Crippen LogP contribution in [0, 0.1) is 11.7 Å². The molecule has 3 nitrogen and oxygen atoms in total. The van der Waals surface area contributed by atoms with Crippen molar-refractivity contribution >= 4 is 15.9 Å². The summed E-state index contributed by atoms with van der Waals surface area (Å²) in [6.45, 7) is 4.08. The lowest BCUT2D eigenvalue weighted by molar-refractivity contribution is 0.494. The van der Waals surface area contributed by atoms with E-state index in [2.05, 4.69) is 25.9 Å². The van der Waals surface area contributed by atoms with Crippen molar-refractivity contribution < 1.29 is 4.39 Å². The van der Waals surface area contributed by atoms with E-state index in [9.17, 15) is 4.39 Å². The van der Waals surface area contributed by atoms with Crippen molar-refractivity contribution in [3.05, 3.63) is 40.5 Å². The van der Waals surface area contributed by atoms with Crippen LogP contribution in [0.25, 0.3) is 11.3 Å². The van der Waals surface area contributed by atoms with Gasteiger partial charge in [0.05, 0.1) is 17.9 Å². The lowest BCUT2D eigenvalue weighted by Crippen LogP contribution is -2.18. The van der Waals surface area contributed by atoms with Crippen molar-refractivity contribution in [2.45, 2.75) is 19.9 Å². The number of nitrogens with two attached hydrogens (primary N) is 1. The van der Waals surface area contributed by atoms with Gasteiger partial charge < -0.3 is 10.7 Å². The van der Waals surface area contributed by atoms with E-state index in [1.54, 1.807) is 12.3 Å². The van der Waals surface area contributed by atoms with Crippen LogP contribution in [0.15, 0.2) is 28.9 Å². The van der Waals surface area contributed by atoms with Crippen LogP contribution in [0.4, 0.5) is 4.39 Å². The quantitative estimate of drug-likeness (QED) is 0.909. The molecule has 2 aromatic rings. The number of nitrogens with zero attached hydrogens (tertiary/aromatic N) is 1. The van der Waals surface area contributed by atoms with Crippen LogP contribution in [-0.2, 0) is 0 Å². The van der Waals surface area contributed by atoms with Crippen molar-refractivity contribution in [1.82, 2.24) is 9.97 Å². The van der Waals surface area contributed by atoms with E-state index in [4.69, 9.17) is 5.73 Å². The number of rotatable bonds is 3. The number of aromatic nitrogens is 2. The number of nitrogens with one attached hydrogen (secondary N) is 1. The highest BCUT2D eigenvalue weighted by Gasteiger charge is 2.15. The van der Waals surface area contributed by atoms with Crippen molar-refractivity contribution in [1.29, 1.82) is 0 Å². The van der Waals surface area contributed by atoms with E-state index < -0.39 is 0 Å². The molecule has 0 radical (unpaired) electrons. The van der Waals surface area contributed by atoms with Crippen molar-refractivity contribution in [3.63, 3.8) is 0 Å². The number of imidazole rings is 1. The van der Waals surface area contributed by atoms with Gasteiger partial charge >= 0.3 is 0 Å². The Bertz CT molecular complexity index is 551. The van der Waals surface area contributed by atoms with Gasteiger partial charge in [-0.05, 0) is 40.0 Å². The van der Waals surface area contributed by atoms with Gasteiger partial charge in [-0.15, -0.1) is 0 Å². The van der Waals surface area contributed by atoms with Crippen LogP contribution in [0.3, 0.4) is 0 Å². The zero-order valence-electron chi connectivity index (χ0n) is 10.2. The first kappa shape index (κ1) is 13.2. The molecule has 0 aliphatic heterocycles. The maximum absolute atomic E-state index is 13.0. The maximum Gasteiger partial charge on any atom is 0.124 e. The number of halogens is 2. The Morgan fingerprint density at radius 2 is 2.11 bits per heavy atom. The number of hydrogen-bond acceptors (Lipinski definition) is 2. The number of hydrogen-bond donors (Lipinski definition) is 2. The van der Waals surface area contributed by atoms with Gasteiger partial charge in [0.1, 0.15) is 11.6 Å². The van der Waals surface area contributed by atoms with Crippen LogP contribution in [0.1, 0.15) is 25.7 Å². The second-order valence-electron chi connectivity index (χ2n) is 4.58. The zero-order chi connectivity index (χ0) is 13.3. The molecule has 1 unspecified atom stereocenters. The van der Waals surface area contributed by atoms with E-state index in [0.717, 1.165) is 17.1 Å². The summed E-state index contributed by atoms with van der Waals surface area (Å²) < 4.78 is 13.7. The molecule has 5 heteroatoms. The highest BCUT2D eigenvalue weighted by Crippen LogP contribution is 2.28. The molecule has 1 heterocycles. The molecule has 2 rings (SSSR count). The third-order valence-corrected chi connectivity index (χ3v) is 3.51. The molecule has 1 aromatic heterocycles. The van der Waals surface area contributed by atoms with Crippen LogP contribution in [0.5, 0.6) is 0 Å². The number of aromatic amines is 1. The van der Waals surface area contributed by atoms with Gasteiger partial charge in [0, 0.05) is 10.0 Å². The zero-order valence-corrected chi connectivity index (χ0v) is 11.8. The van der Waals surface area contributed by atoms with E-state index in [-0.39, 0.29) is 11.9 Å². The van der Waals surface area contributed by atoms with Gasteiger partial charge in [0.25, 0.3) is 0 Å². The summed E-state index contributed by atoms with van der Waals surface area (Å²) in [5, 5.41) is 0. The molecule has 0 bridgehead atoms. The normalized spacial score (nSPS) is 13.0. The van der Waals surface area contributed by atoms with Crippen molar-refractivity contribution in [3.8, 4) is 11.3 Å². The summed E-state index contributed by atoms with van der Waals surface area (Å²) >= 11 is 3.34. The Hall–Kier alpha value is -1.20. The fourth-order valence-corrected chi connectivity index (χ4v) is 2.23. The summed E-state index contributed by atoms with van der Waals surface area (Å²) in [5.41, 5.74) is 7.72.